The van der Waals surface area contributed by atoms with Gasteiger partial charge in [0.05, 0.1) is 21.3 Å². The normalized spacial score (nSPS) is 17.0. The average Bonchev–Trinajstić information content (AvgIpc) is 3.10. The summed E-state index contributed by atoms with van der Waals surface area (Å²) < 4.78 is 14.1. The fourth-order valence-corrected chi connectivity index (χ4v) is 4.44. The third-order valence-electron chi connectivity index (χ3n) is 4.56. The zero-order chi connectivity index (χ0) is 19.4. The maximum atomic E-state index is 14.1. The molecule has 0 radical (unpaired) electrons. The molecule has 1 saturated heterocycles. The number of nitrogens with zero attached hydrogens (tertiary/aromatic N) is 2. The Balaban J connectivity index is 1.67. The van der Waals surface area contributed by atoms with E-state index in [0.717, 1.165) is 23.5 Å². The lowest BCUT2D eigenvalue weighted by molar-refractivity contribution is -0.118. The fraction of sp³-hybridized carbons (Fsp3) is 0.421. The zero-order valence-corrected chi connectivity index (χ0v) is 16.6. The molecule has 1 atom stereocenters. The van der Waals surface area contributed by atoms with Crippen LogP contribution in [0.3, 0.4) is 0 Å². The van der Waals surface area contributed by atoms with Gasteiger partial charge in [0.25, 0.3) is 5.91 Å². The highest BCUT2D eigenvalue weighted by molar-refractivity contribution is 7.09. The molecule has 0 saturated carbocycles. The molecule has 1 aromatic heterocycles. The second-order valence-electron chi connectivity index (χ2n) is 6.60. The molecule has 1 aliphatic rings. The number of rotatable bonds is 5. The van der Waals surface area contributed by atoms with Crippen LogP contribution in [-0.4, -0.2) is 41.3 Å². The number of halogens is 2. The molecule has 2 heterocycles. The molecule has 1 fully saturated rings. The molecule has 144 valence electrons. The second-order valence-corrected chi connectivity index (χ2v) is 7.89. The van der Waals surface area contributed by atoms with Crippen molar-refractivity contribution in [2.75, 3.05) is 19.6 Å². The van der Waals surface area contributed by atoms with Gasteiger partial charge in [-0.2, -0.15) is 0 Å². The van der Waals surface area contributed by atoms with E-state index >= 15 is 0 Å². The van der Waals surface area contributed by atoms with Crippen LogP contribution >= 0.6 is 22.9 Å². The third kappa shape index (κ3) is 4.84. The maximum absolute atomic E-state index is 14.1. The Bertz CT molecular complexity index is 822. The maximum Gasteiger partial charge on any atom is 0.258 e. The van der Waals surface area contributed by atoms with E-state index in [9.17, 15) is 14.0 Å². The highest BCUT2D eigenvalue weighted by Gasteiger charge is 2.29. The Kier molecular flexibility index (Phi) is 6.44. The Hall–Kier alpha value is -1.99. The van der Waals surface area contributed by atoms with Crippen LogP contribution < -0.4 is 5.32 Å². The Morgan fingerprint density at radius 1 is 1.44 bits per heavy atom. The van der Waals surface area contributed by atoms with Crippen LogP contribution in [-0.2, 0) is 11.2 Å². The number of likely N-dealkylation sites (tertiary alicyclic amines) is 1. The second kappa shape index (κ2) is 8.80. The lowest BCUT2D eigenvalue weighted by Gasteiger charge is -2.32. The summed E-state index contributed by atoms with van der Waals surface area (Å²) in [5.41, 5.74) is 0.874. The van der Waals surface area contributed by atoms with Crippen molar-refractivity contribution in [3.8, 4) is 0 Å². The summed E-state index contributed by atoms with van der Waals surface area (Å²) in [6.45, 7) is 3.13. The minimum atomic E-state index is -0.593. The SMILES string of the molecule is CC(=O)NCCc1csc([C@@H]2CCCN(C(=O)c3c(F)cccc3Cl)C2)n1. The Morgan fingerprint density at radius 2 is 2.26 bits per heavy atom. The number of hydrogen-bond donors (Lipinski definition) is 1. The topological polar surface area (TPSA) is 62.3 Å². The molecule has 0 aliphatic carbocycles. The van der Waals surface area contributed by atoms with E-state index < -0.39 is 5.82 Å². The summed E-state index contributed by atoms with van der Waals surface area (Å²) >= 11 is 7.61. The van der Waals surface area contributed by atoms with E-state index in [1.807, 2.05) is 5.38 Å². The number of amides is 2. The molecular formula is C19H21ClFN3O2S. The Labute approximate surface area is 166 Å². The number of aromatic nitrogens is 1. The molecule has 0 bridgehead atoms. The summed E-state index contributed by atoms with van der Waals surface area (Å²) in [7, 11) is 0. The van der Waals surface area contributed by atoms with Gasteiger partial charge < -0.3 is 10.2 Å². The van der Waals surface area contributed by atoms with Crippen molar-refractivity contribution in [3.05, 3.63) is 50.7 Å². The molecule has 2 aromatic rings. The third-order valence-corrected chi connectivity index (χ3v) is 5.93. The predicted octanol–water partition coefficient (Wildman–Crippen LogP) is 3.63. The summed E-state index contributed by atoms with van der Waals surface area (Å²) in [6, 6.07) is 4.27. The van der Waals surface area contributed by atoms with Crippen molar-refractivity contribution in [1.82, 2.24) is 15.2 Å². The molecule has 2 amide bonds. The van der Waals surface area contributed by atoms with E-state index in [-0.39, 0.29) is 28.3 Å². The van der Waals surface area contributed by atoms with Gasteiger partial charge in [-0.15, -0.1) is 11.3 Å². The van der Waals surface area contributed by atoms with Gasteiger partial charge in [0.15, 0.2) is 0 Å². The van der Waals surface area contributed by atoms with Gasteiger partial charge in [0.1, 0.15) is 5.82 Å². The summed E-state index contributed by atoms with van der Waals surface area (Å²) in [6.07, 6.45) is 2.45. The van der Waals surface area contributed by atoms with E-state index in [4.69, 9.17) is 11.6 Å². The molecular weight excluding hydrogens is 389 g/mol. The van der Waals surface area contributed by atoms with Crippen LogP contribution in [0.5, 0.6) is 0 Å². The predicted molar refractivity (Wildman–Crippen MR) is 104 cm³/mol. The Morgan fingerprint density at radius 3 is 3.00 bits per heavy atom. The minimum absolute atomic E-state index is 0.0568. The number of nitrogens with one attached hydrogen (secondary N) is 1. The fourth-order valence-electron chi connectivity index (χ4n) is 3.21. The van der Waals surface area contributed by atoms with Crippen LogP contribution in [0.25, 0.3) is 0 Å². The molecule has 0 unspecified atom stereocenters. The van der Waals surface area contributed by atoms with Gasteiger partial charge in [-0.25, -0.2) is 9.37 Å². The van der Waals surface area contributed by atoms with Crippen molar-refractivity contribution in [1.29, 1.82) is 0 Å². The van der Waals surface area contributed by atoms with E-state index in [0.29, 0.717) is 26.1 Å². The molecule has 1 aliphatic heterocycles. The van der Waals surface area contributed by atoms with Gasteiger partial charge in [0, 0.05) is 44.3 Å². The quantitative estimate of drug-likeness (QED) is 0.820. The van der Waals surface area contributed by atoms with Crippen molar-refractivity contribution in [2.24, 2.45) is 0 Å². The number of benzene rings is 1. The lowest BCUT2D eigenvalue weighted by Crippen LogP contribution is -2.39. The van der Waals surface area contributed by atoms with Gasteiger partial charge >= 0.3 is 0 Å². The van der Waals surface area contributed by atoms with Crippen LogP contribution in [0.4, 0.5) is 4.39 Å². The van der Waals surface area contributed by atoms with E-state index in [2.05, 4.69) is 10.3 Å². The first kappa shape index (κ1) is 19.8. The molecule has 27 heavy (non-hydrogen) atoms. The highest BCUT2D eigenvalue weighted by Crippen LogP contribution is 2.31. The smallest absolute Gasteiger partial charge is 0.258 e. The molecule has 1 aromatic carbocycles. The van der Waals surface area contributed by atoms with Crippen LogP contribution in [0, 0.1) is 5.82 Å². The molecule has 5 nitrogen and oxygen atoms in total. The van der Waals surface area contributed by atoms with Crippen molar-refractivity contribution in [2.45, 2.75) is 32.1 Å². The summed E-state index contributed by atoms with van der Waals surface area (Å²) in [5, 5.41) is 5.86. The van der Waals surface area contributed by atoms with Gasteiger partial charge in [-0.3, -0.25) is 9.59 Å². The summed E-state index contributed by atoms with van der Waals surface area (Å²) in [5.74, 6) is -0.888. The first-order chi connectivity index (χ1) is 13.0. The average molecular weight is 410 g/mol. The number of hydrogen-bond acceptors (Lipinski definition) is 4. The molecule has 8 heteroatoms. The van der Waals surface area contributed by atoms with Crippen LogP contribution in [0.1, 0.15) is 46.7 Å². The van der Waals surface area contributed by atoms with Crippen molar-refractivity contribution >= 4 is 34.8 Å². The van der Waals surface area contributed by atoms with Crippen molar-refractivity contribution < 1.29 is 14.0 Å². The lowest BCUT2D eigenvalue weighted by atomic mass is 9.98. The summed E-state index contributed by atoms with van der Waals surface area (Å²) in [4.78, 5) is 30.0. The molecule has 0 spiro atoms. The molecule has 1 N–H and O–H groups in total. The highest BCUT2D eigenvalue weighted by atomic mass is 35.5. The largest absolute Gasteiger partial charge is 0.356 e. The van der Waals surface area contributed by atoms with Crippen LogP contribution in [0.15, 0.2) is 23.6 Å². The number of carbonyl (C=O) groups excluding carboxylic acids is 2. The number of piperidine rings is 1. The van der Waals surface area contributed by atoms with Crippen molar-refractivity contribution in [3.63, 3.8) is 0 Å². The van der Waals surface area contributed by atoms with Crippen LogP contribution in [0.2, 0.25) is 5.02 Å². The number of carbonyl (C=O) groups is 2. The number of thiazole rings is 1. The first-order valence-electron chi connectivity index (χ1n) is 8.87. The van der Waals surface area contributed by atoms with Gasteiger partial charge in [0.2, 0.25) is 5.91 Å². The standard InChI is InChI=1S/C19H21ClFN3O2S/c1-12(25)22-8-7-14-11-27-18(23-14)13-4-3-9-24(10-13)19(26)17-15(20)5-2-6-16(17)21/h2,5-6,11,13H,3-4,7-10H2,1H3,(H,22,25)/t13-/m1/s1. The monoisotopic (exact) mass is 409 g/mol. The van der Waals surface area contributed by atoms with E-state index in [1.165, 1.54) is 25.1 Å². The minimum Gasteiger partial charge on any atom is -0.356 e. The van der Waals surface area contributed by atoms with Gasteiger partial charge in [-0.05, 0) is 25.0 Å². The van der Waals surface area contributed by atoms with Gasteiger partial charge in [-0.1, -0.05) is 17.7 Å². The van der Waals surface area contributed by atoms with E-state index in [1.54, 1.807) is 16.2 Å². The zero-order valence-electron chi connectivity index (χ0n) is 15.0. The molecule has 3 rings (SSSR count). The first-order valence-corrected chi connectivity index (χ1v) is 10.1.